The minimum absolute atomic E-state index is 0.119. The Hall–Kier alpha value is -0.430. The highest BCUT2D eigenvalue weighted by atomic mass is 32.2. The van der Waals surface area contributed by atoms with Gasteiger partial charge in [0, 0.05) is 23.3 Å². The standard InChI is InChI=1S/C15H26N2O2S2/c1-3-16-10-13-9-14(11-20-13)21(18,19)17-12-15(2)7-5-4-6-8-15/h9,11,16-17H,3-8,10,12H2,1-2H3. The number of sulfonamides is 1. The van der Waals surface area contributed by atoms with E-state index in [1.54, 1.807) is 11.4 Å². The Bertz CT molecular complexity index is 546. The zero-order valence-electron chi connectivity index (χ0n) is 12.9. The largest absolute Gasteiger partial charge is 0.312 e. The fourth-order valence-electron chi connectivity index (χ4n) is 2.78. The van der Waals surface area contributed by atoms with Crippen molar-refractivity contribution in [2.24, 2.45) is 5.41 Å². The van der Waals surface area contributed by atoms with Crippen molar-refractivity contribution in [1.82, 2.24) is 10.0 Å². The van der Waals surface area contributed by atoms with Crippen molar-refractivity contribution in [3.05, 3.63) is 16.3 Å². The number of nitrogens with one attached hydrogen (secondary N) is 2. The van der Waals surface area contributed by atoms with E-state index >= 15 is 0 Å². The molecule has 21 heavy (non-hydrogen) atoms. The van der Waals surface area contributed by atoms with Crippen molar-refractivity contribution in [2.75, 3.05) is 13.1 Å². The van der Waals surface area contributed by atoms with Crippen molar-refractivity contribution in [2.45, 2.75) is 57.4 Å². The van der Waals surface area contributed by atoms with Gasteiger partial charge >= 0.3 is 0 Å². The smallest absolute Gasteiger partial charge is 0.241 e. The van der Waals surface area contributed by atoms with E-state index in [9.17, 15) is 8.42 Å². The van der Waals surface area contributed by atoms with E-state index in [4.69, 9.17) is 0 Å². The van der Waals surface area contributed by atoms with Gasteiger partial charge in [0.15, 0.2) is 0 Å². The second-order valence-electron chi connectivity index (χ2n) is 6.22. The predicted octanol–water partition coefficient (Wildman–Crippen LogP) is 3.11. The summed E-state index contributed by atoms with van der Waals surface area (Å²) >= 11 is 1.50. The van der Waals surface area contributed by atoms with Gasteiger partial charge in [-0.05, 0) is 30.9 Å². The average Bonchev–Trinajstić information content (AvgIpc) is 2.94. The van der Waals surface area contributed by atoms with Crippen molar-refractivity contribution in [3.8, 4) is 0 Å². The zero-order chi connectivity index (χ0) is 15.3. The second-order valence-corrected chi connectivity index (χ2v) is 8.99. The van der Waals surface area contributed by atoms with Crippen LogP contribution in [0.15, 0.2) is 16.3 Å². The molecule has 0 saturated heterocycles. The molecule has 1 aromatic rings. The summed E-state index contributed by atoms with van der Waals surface area (Å²) in [5, 5.41) is 4.95. The third-order valence-corrected chi connectivity index (χ3v) is 6.71. The Morgan fingerprint density at radius 2 is 2.00 bits per heavy atom. The van der Waals surface area contributed by atoms with Gasteiger partial charge in [0.05, 0.1) is 4.90 Å². The van der Waals surface area contributed by atoms with Crippen molar-refractivity contribution >= 4 is 21.4 Å². The Morgan fingerprint density at radius 1 is 1.29 bits per heavy atom. The summed E-state index contributed by atoms with van der Waals surface area (Å²) in [6.45, 7) is 6.40. The van der Waals surface area contributed by atoms with Crippen molar-refractivity contribution < 1.29 is 8.42 Å². The molecular formula is C15H26N2O2S2. The maximum atomic E-state index is 12.4. The third kappa shape index (κ3) is 4.77. The lowest BCUT2D eigenvalue weighted by Gasteiger charge is -2.33. The first-order chi connectivity index (χ1) is 9.95. The Morgan fingerprint density at radius 3 is 2.67 bits per heavy atom. The van der Waals surface area contributed by atoms with Gasteiger partial charge in [-0.3, -0.25) is 0 Å². The van der Waals surface area contributed by atoms with Crippen LogP contribution in [0.2, 0.25) is 0 Å². The summed E-state index contributed by atoms with van der Waals surface area (Å²) in [4.78, 5) is 1.46. The molecule has 1 heterocycles. The van der Waals surface area contributed by atoms with Gasteiger partial charge < -0.3 is 5.32 Å². The first-order valence-corrected chi connectivity index (χ1v) is 10.1. The summed E-state index contributed by atoms with van der Waals surface area (Å²) < 4.78 is 27.6. The fourth-order valence-corrected chi connectivity index (χ4v) is 5.22. The van der Waals surface area contributed by atoms with E-state index in [2.05, 4.69) is 17.0 Å². The molecule has 6 heteroatoms. The van der Waals surface area contributed by atoms with Crippen LogP contribution in [0, 0.1) is 5.41 Å². The molecule has 1 aromatic heterocycles. The molecule has 0 amide bonds. The molecule has 2 rings (SSSR count). The highest BCUT2D eigenvalue weighted by Crippen LogP contribution is 2.35. The summed E-state index contributed by atoms with van der Waals surface area (Å²) in [5.74, 6) is 0. The molecule has 4 nitrogen and oxygen atoms in total. The number of thiophene rings is 1. The van der Waals surface area contributed by atoms with Crippen LogP contribution in [0.4, 0.5) is 0 Å². The van der Waals surface area contributed by atoms with Gasteiger partial charge in [0.25, 0.3) is 0 Å². The predicted molar refractivity (Wildman–Crippen MR) is 88.1 cm³/mol. The molecule has 0 atom stereocenters. The molecule has 2 N–H and O–H groups in total. The van der Waals surface area contributed by atoms with Gasteiger partial charge in [-0.25, -0.2) is 13.1 Å². The van der Waals surface area contributed by atoms with Crippen LogP contribution >= 0.6 is 11.3 Å². The lowest BCUT2D eigenvalue weighted by molar-refractivity contribution is 0.219. The van der Waals surface area contributed by atoms with Gasteiger partial charge in [-0.2, -0.15) is 0 Å². The molecule has 1 saturated carbocycles. The third-order valence-electron chi connectivity index (χ3n) is 4.24. The topological polar surface area (TPSA) is 58.2 Å². The summed E-state index contributed by atoms with van der Waals surface area (Å²) in [6, 6.07) is 1.78. The van der Waals surface area contributed by atoms with Crippen LogP contribution in [0.1, 0.15) is 50.8 Å². The quantitative estimate of drug-likeness (QED) is 0.807. The van der Waals surface area contributed by atoms with Crippen molar-refractivity contribution in [3.63, 3.8) is 0 Å². The van der Waals surface area contributed by atoms with E-state index in [1.807, 2.05) is 6.92 Å². The Balaban J connectivity index is 1.96. The lowest BCUT2D eigenvalue weighted by atomic mass is 9.76. The lowest BCUT2D eigenvalue weighted by Crippen LogP contribution is -2.36. The molecule has 0 unspecified atom stereocenters. The number of hydrogen-bond donors (Lipinski definition) is 2. The Labute approximate surface area is 132 Å². The minimum atomic E-state index is -3.37. The first kappa shape index (κ1) is 16.9. The molecule has 1 aliphatic carbocycles. The molecular weight excluding hydrogens is 304 g/mol. The maximum Gasteiger partial charge on any atom is 0.241 e. The highest BCUT2D eigenvalue weighted by Gasteiger charge is 2.29. The van der Waals surface area contributed by atoms with E-state index in [0.29, 0.717) is 11.4 Å². The van der Waals surface area contributed by atoms with E-state index in [1.165, 1.54) is 30.6 Å². The molecule has 1 aliphatic rings. The van der Waals surface area contributed by atoms with E-state index in [-0.39, 0.29) is 5.41 Å². The molecule has 0 aromatic carbocycles. The van der Waals surface area contributed by atoms with Crippen LogP contribution in [0.3, 0.4) is 0 Å². The molecule has 0 aliphatic heterocycles. The van der Waals surface area contributed by atoms with Gasteiger partial charge in [-0.1, -0.05) is 33.1 Å². The fraction of sp³-hybridized carbons (Fsp3) is 0.733. The second kappa shape index (κ2) is 7.22. The molecule has 0 spiro atoms. The SMILES string of the molecule is CCNCc1cc(S(=O)(=O)NCC2(C)CCCCC2)cs1. The first-order valence-electron chi connectivity index (χ1n) is 7.73. The minimum Gasteiger partial charge on any atom is -0.312 e. The van der Waals surface area contributed by atoms with Gasteiger partial charge in [0.1, 0.15) is 0 Å². The summed E-state index contributed by atoms with van der Waals surface area (Å²) in [6.07, 6.45) is 5.93. The van der Waals surface area contributed by atoms with Crippen LogP contribution in [-0.2, 0) is 16.6 Å². The summed E-state index contributed by atoms with van der Waals surface area (Å²) in [7, 11) is -3.37. The normalized spacial score (nSPS) is 18.8. The number of rotatable bonds is 7. The summed E-state index contributed by atoms with van der Waals surface area (Å²) in [5.41, 5.74) is 0.119. The maximum absolute atomic E-state index is 12.4. The zero-order valence-corrected chi connectivity index (χ0v) is 14.6. The molecule has 1 fully saturated rings. The highest BCUT2D eigenvalue weighted by molar-refractivity contribution is 7.89. The van der Waals surface area contributed by atoms with Crippen LogP contribution in [0.5, 0.6) is 0 Å². The van der Waals surface area contributed by atoms with Crippen LogP contribution < -0.4 is 10.0 Å². The van der Waals surface area contributed by atoms with E-state index in [0.717, 1.165) is 30.8 Å². The molecule has 0 bridgehead atoms. The molecule has 0 radical (unpaired) electrons. The molecule has 120 valence electrons. The van der Waals surface area contributed by atoms with E-state index < -0.39 is 10.0 Å². The van der Waals surface area contributed by atoms with Gasteiger partial charge in [-0.15, -0.1) is 11.3 Å². The van der Waals surface area contributed by atoms with Crippen LogP contribution in [0.25, 0.3) is 0 Å². The van der Waals surface area contributed by atoms with Crippen molar-refractivity contribution in [1.29, 1.82) is 0 Å². The number of hydrogen-bond acceptors (Lipinski definition) is 4. The Kier molecular flexibility index (Phi) is 5.82. The monoisotopic (exact) mass is 330 g/mol. The average molecular weight is 331 g/mol. The van der Waals surface area contributed by atoms with Gasteiger partial charge in [0.2, 0.25) is 10.0 Å². The van der Waals surface area contributed by atoms with Crippen LogP contribution in [-0.4, -0.2) is 21.5 Å².